The number of ether oxygens (including phenoxy) is 1. The van der Waals surface area contributed by atoms with Crippen molar-refractivity contribution in [3.8, 4) is 0 Å². The van der Waals surface area contributed by atoms with Crippen molar-refractivity contribution in [2.75, 3.05) is 6.61 Å². The number of hydrogen-bond acceptors (Lipinski definition) is 2. The van der Waals surface area contributed by atoms with Crippen molar-refractivity contribution in [1.29, 1.82) is 0 Å². The number of carbonyl (C=O) groups excluding carboxylic acids is 1. The highest BCUT2D eigenvalue weighted by Crippen LogP contribution is 2.12. The van der Waals surface area contributed by atoms with E-state index in [-0.39, 0.29) is 5.97 Å². The van der Waals surface area contributed by atoms with E-state index in [2.05, 4.69) is 33.4 Å². The first-order chi connectivity index (χ1) is 7.43. The van der Waals surface area contributed by atoms with Crippen LogP contribution in [0.25, 0.3) is 0 Å². The van der Waals surface area contributed by atoms with Gasteiger partial charge in [-0.25, -0.2) is 4.79 Å². The predicted octanol–water partition coefficient (Wildman–Crippen LogP) is 3.88. The van der Waals surface area contributed by atoms with Crippen molar-refractivity contribution in [2.24, 2.45) is 5.92 Å². The topological polar surface area (TPSA) is 26.3 Å². The molecule has 0 amide bonds. The second-order valence-electron chi connectivity index (χ2n) is 4.67. The molecule has 0 rings (SSSR count). The number of allylic oxidation sites excluding steroid dienone is 2. The summed E-state index contributed by atoms with van der Waals surface area (Å²) < 4.78 is 5.05. The maximum absolute atomic E-state index is 11.1. The first-order valence-corrected chi connectivity index (χ1v) is 5.89. The molecule has 0 heterocycles. The van der Waals surface area contributed by atoms with Crippen molar-refractivity contribution in [3.05, 3.63) is 23.8 Å². The Bertz CT molecular complexity index is 260. The van der Waals surface area contributed by atoms with E-state index in [0.29, 0.717) is 18.1 Å². The molecular weight excluding hydrogens is 200 g/mol. The van der Waals surface area contributed by atoms with Gasteiger partial charge < -0.3 is 4.74 Å². The van der Waals surface area contributed by atoms with E-state index in [1.165, 1.54) is 5.57 Å². The molecular formula is C14H24O2. The third-order valence-corrected chi connectivity index (χ3v) is 2.40. The average molecular weight is 224 g/mol. The molecule has 0 radical (unpaired) electrons. The Kier molecular flexibility index (Phi) is 7.61. The van der Waals surface area contributed by atoms with Crippen LogP contribution in [0.4, 0.5) is 0 Å². The molecule has 2 heteroatoms. The highest BCUT2D eigenvalue weighted by atomic mass is 16.5. The van der Waals surface area contributed by atoms with Crippen molar-refractivity contribution < 1.29 is 9.53 Å². The van der Waals surface area contributed by atoms with E-state index in [4.69, 9.17) is 4.74 Å². The molecule has 2 nitrogen and oxygen atoms in total. The molecule has 0 saturated heterocycles. The van der Waals surface area contributed by atoms with Gasteiger partial charge in [-0.15, -0.1) is 0 Å². The molecule has 0 N–H and O–H groups in total. The van der Waals surface area contributed by atoms with E-state index in [0.717, 1.165) is 19.3 Å². The molecule has 0 aromatic heterocycles. The summed E-state index contributed by atoms with van der Waals surface area (Å²) in [5.74, 6) is 0.310. The average Bonchev–Trinajstić information content (AvgIpc) is 2.16. The minimum absolute atomic E-state index is 0.281. The van der Waals surface area contributed by atoms with E-state index in [1.807, 2.05) is 0 Å². The second-order valence-corrected chi connectivity index (χ2v) is 4.67. The lowest BCUT2D eigenvalue weighted by atomic mass is 10.0. The maximum Gasteiger partial charge on any atom is 0.333 e. The van der Waals surface area contributed by atoms with Crippen LogP contribution in [-0.4, -0.2) is 12.6 Å². The molecule has 0 aromatic rings. The summed E-state index contributed by atoms with van der Waals surface area (Å²) in [6.45, 7) is 12.1. The molecule has 0 saturated carbocycles. The summed E-state index contributed by atoms with van der Waals surface area (Å²) in [4.78, 5) is 11.1. The van der Waals surface area contributed by atoms with Crippen molar-refractivity contribution in [1.82, 2.24) is 0 Å². The smallest absolute Gasteiger partial charge is 0.333 e. The Morgan fingerprint density at radius 3 is 2.44 bits per heavy atom. The Morgan fingerprint density at radius 2 is 1.94 bits per heavy atom. The van der Waals surface area contributed by atoms with Crippen LogP contribution in [0.3, 0.4) is 0 Å². The van der Waals surface area contributed by atoms with Crippen LogP contribution in [0.1, 0.15) is 47.0 Å². The zero-order chi connectivity index (χ0) is 12.6. The van der Waals surface area contributed by atoms with Crippen LogP contribution < -0.4 is 0 Å². The van der Waals surface area contributed by atoms with E-state index in [1.54, 1.807) is 6.92 Å². The van der Waals surface area contributed by atoms with Crippen LogP contribution in [0.5, 0.6) is 0 Å². The summed E-state index contributed by atoms with van der Waals surface area (Å²) in [7, 11) is 0. The van der Waals surface area contributed by atoms with Crippen LogP contribution in [0.2, 0.25) is 0 Å². The lowest BCUT2D eigenvalue weighted by Gasteiger charge is -2.10. The van der Waals surface area contributed by atoms with Gasteiger partial charge in [-0.2, -0.15) is 0 Å². The molecule has 1 atom stereocenters. The van der Waals surface area contributed by atoms with Crippen molar-refractivity contribution in [3.63, 3.8) is 0 Å². The van der Waals surface area contributed by atoms with E-state index < -0.39 is 0 Å². The number of carbonyl (C=O) groups is 1. The van der Waals surface area contributed by atoms with Crippen molar-refractivity contribution >= 4 is 5.97 Å². The Morgan fingerprint density at radius 1 is 1.31 bits per heavy atom. The summed E-state index contributed by atoms with van der Waals surface area (Å²) >= 11 is 0. The molecule has 92 valence electrons. The molecule has 0 unspecified atom stereocenters. The number of hydrogen-bond donors (Lipinski definition) is 0. The third kappa shape index (κ3) is 8.27. The van der Waals surface area contributed by atoms with Crippen LogP contribution >= 0.6 is 0 Å². The minimum atomic E-state index is -0.281. The van der Waals surface area contributed by atoms with Gasteiger partial charge in [0.1, 0.15) is 0 Å². The van der Waals surface area contributed by atoms with Gasteiger partial charge in [0.25, 0.3) is 0 Å². The zero-order valence-electron chi connectivity index (χ0n) is 11.0. The van der Waals surface area contributed by atoms with Gasteiger partial charge in [0.05, 0.1) is 6.61 Å². The van der Waals surface area contributed by atoms with Gasteiger partial charge >= 0.3 is 5.97 Å². The van der Waals surface area contributed by atoms with Crippen LogP contribution in [0, 0.1) is 5.92 Å². The molecule has 0 aliphatic heterocycles. The molecule has 0 aromatic carbocycles. The van der Waals surface area contributed by atoms with Gasteiger partial charge in [0.15, 0.2) is 0 Å². The summed E-state index contributed by atoms with van der Waals surface area (Å²) in [6, 6.07) is 0. The Hall–Kier alpha value is -1.05. The summed E-state index contributed by atoms with van der Waals surface area (Å²) in [5, 5.41) is 0. The summed E-state index contributed by atoms with van der Waals surface area (Å²) in [6.07, 6.45) is 5.43. The minimum Gasteiger partial charge on any atom is -0.462 e. The fourth-order valence-corrected chi connectivity index (χ4v) is 1.28. The fraction of sp³-hybridized carbons (Fsp3) is 0.643. The Balaban J connectivity index is 3.58. The highest BCUT2D eigenvalue weighted by molar-refractivity contribution is 5.86. The summed E-state index contributed by atoms with van der Waals surface area (Å²) in [5.41, 5.74) is 1.83. The lowest BCUT2D eigenvalue weighted by Crippen LogP contribution is -2.08. The molecule has 0 bridgehead atoms. The van der Waals surface area contributed by atoms with Gasteiger partial charge in [-0.1, -0.05) is 25.2 Å². The van der Waals surface area contributed by atoms with Gasteiger partial charge in [-0.3, -0.25) is 0 Å². The van der Waals surface area contributed by atoms with Gasteiger partial charge in [-0.05, 0) is 46.0 Å². The lowest BCUT2D eigenvalue weighted by molar-refractivity contribution is -0.139. The fourth-order valence-electron chi connectivity index (χ4n) is 1.28. The van der Waals surface area contributed by atoms with E-state index in [9.17, 15) is 4.79 Å². The molecule has 0 aliphatic carbocycles. The Labute approximate surface area is 99.4 Å². The van der Waals surface area contributed by atoms with E-state index >= 15 is 0 Å². The standard InChI is InChI=1S/C14H24O2/c1-11(2)7-6-8-13(5)9-10-16-14(15)12(3)4/h7,13H,3,6,8-10H2,1-2,4-5H3/t13-/m0/s1. The zero-order valence-corrected chi connectivity index (χ0v) is 11.0. The largest absolute Gasteiger partial charge is 0.462 e. The van der Waals surface area contributed by atoms with Crippen molar-refractivity contribution in [2.45, 2.75) is 47.0 Å². The molecule has 0 fully saturated rings. The van der Waals surface area contributed by atoms with Gasteiger partial charge in [0.2, 0.25) is 0 Å². The maximum atomic E-state index is 11.1. The second kappa shape index (κ2) is 8.14. The number of esters is 1. The monoisotopic (exact) mass is 224 g/mol. The molecule has 0 spiro atoms. The predicted molar refractivity (Wildman–Crippen MR) is 68.2 cm³/mol. The first-order valence-electron chi connectivity index (χ1n) is 5.89. The third-order valence-electron chi connectivity index (χ3n) is 2.40. The van der Waals surface area contributed by atoms with Crippen LogP contribution in [0.15, 0.2) is 23.8 Å². The number of rotatable bonds is 7. The molecule has 0 aliphatic rings. The quantitative estimate of drug-likeness (QED) is 0.373. The molecule has 16 heavy (non-hydrogen) atoms. The van der Waals surface area contributed by atoms with Gasteiger partial charge in [0, 0.05) is 5.57 Å². The first kappa shape index (κ1) is 14.9. The van der Waals surface area contributed by atoms with Crippen LogP contribution in [-0.2, 0) is 9.53 Å². The SMILES string of the molecule is C=C(C)C(=O)OCC[C@@H](C)CCC=C(C)C. The normalized spacial score (nSPS) is 11.8. The highest BCUT2D eigenvalue weighted by Gasteiger charge is 2.05.